The van der Waals surface area contributed by atoms with Gasteiger partial charge in [0, 0.05) is 5.56 Å². The molecule has 0 saturated carbocycles. The summed E-state index contributed by atoms with van der Waals surface area (Å²) in [5, 5.41) is 0. The summed E-state index contributed by atoms with van der Waals surface area (Å²) in [7, 11) is 3.29. The zero-order chi connectivity index (χ0) is 15.5. The zero-order valence-corrected chi connectivity index (χ0v) is 13.3. The van der Waals surface area contributed by atoms with Crippen LogP contribution in [-0.4, -0.2) is 19.8 Å². The van der Waals surface area contributed by atoms with Crippen LogP contribution in [0.25, 0.3) is 11.1 Å². The Kier molecular flexibility index (Phi) is 4.41. The fourth-order valence-electron chi connectivity index (χ4n) is 2.20. The van der Waals surface area contributed by atoms with Gasteiger partial charge >= 0.3 is 0 Å². The molecule has 0 aliphatic rings. The third-order valence-corrected chi connectivity index (χ3v) is 2.97. The molecule has 0 aromatic heterocycles. The van der Waals surface area contributed by atoms with Crippen molar-refractivity contribution < 1.29 is 14.2 Å². The molecule has 3 nitrogen and oxygen atoms in total. The molecular weight excluding hydrogens is 264 g/mol. The summed E-state index contributed by atoms with van der Waals surface area (Å²) in [6.07, 6.45) is 0. The Hall–Kier alpha value is -2.16. The van der Waals surface area contributed by atoms with E-state index in [1.165, 1.54) is 0 Å². The van der Waals surface area contributed by atoms with Crippen molar-refractivity contribution >= 4 is 0 Å². The SMILES string of the molecule is COc1cccc(-c2cccc(OC(C)(C)C)c2)c1OC. The van der Waals surface area contributed by atoms with Gasteiger partial charge in [0.1, 0.15) is 11.4 Å². The van der Waals surface area contributed by atoms with Crippen LogP contribution in [0.15, 0.2) is 42.5 Å². The van der Waals surface area contributed by atoms with Gasteiger partial charge in [0.05, 0.1) is 14.2 Å². The minimum atomic E-state index is -0.225. The second kappa shape index (κ2) is 6.08. The summed E-state index contributed by atoms with van der Waals surface area (Å²) in [5.74, 6) is 2.29. The summed E-state index contributed by atoms with van der Waals surface area (Å²) in [6.45, 7) is 6.10. The van der Waals surface area contributed by atoms with E-state index < -0.39 is 0 Å². The first-order chi connectivity index (χ1) is 9.94. The van der Waals surface area contributed by atoms with Gasteiger partial charge in [-0.1, -0.05) is 24.3 Å². The van der Waals surface area contributed by atoms with Crippen molar-refractivity contribution in [3.8, 4) is 28.4 Å². The minimum absolute atomic E-state index is 0.225. The molecule has 0 N–H and O–H groups in total. The molecule has 0 amide bonds. The average Bonchev–Trinajstić information content (AvgIpc) is 2.44. The molecule has 0 spiro atoms. The molecule has 0 radical (unpaired) electrons. The fraction of sp³-hybridized carbons (Fsp3) is 0.333. The fourth-order valence-corrected chi connectivity index (χ4v) is 2.20. The van der Waals surface area contributed by atoms with Crippen LogP contribution in [0.5, 0.6) is 17.2 Å². The van der Waals surface area contributed by atoms with Gasteiger partial charge in [0.2, 0.25) is 0 Å². The summed E-state index contributed by atoms with van der Waals surface area (Å²) in [4.78, 5) is 0. The summed E-state index contributed by atoms with van der Waals surface area (Å²) in [5.41, 5.74) is 1.79. The Morgan fingerprint density at radius 3 is 2.19 bits per heavy atom. The molecule has 3 heteroatoms. The first-order valence-electron chi connectivity index (χ1n) is 6.95. The number of hydrogen-bond donors (Lipinski definition) is 0. The monoisotopic (exact) mass is 286 g/mol. The Morgan fingerprint density at radius 1 is 0.857 bits per heavy atom. The minimum Gasteiger partial charge on any atom is -0.493 e. The van der Waals surface area contributed by atoms with Crippen molar-refractivity contribution in [2.45, 2.75) is 26.4 Å². The number of ether oxygens (including phenoxy) is 3. The van der Waals surface area contributed by atoms with E-state index in [2.05, 4.69) is 0 Å². The second-order valence-electron chi connectivity index (χ2n) is 5.78. The lowest BCUT2D eigenvalue weighted by molar-refractivity contribution is 0.131. The van der Waals surface area contributed by atoms with Crippen molar-refractivity contribution in [2.24, 2.45) is 0 Å². The van der Waals surface area contributed by atoms with E-state index in [0.717, 1.165) is 28.4 Å². The lowest BCUT2D eigenvalue weighted by atomic mass is 10.0. The van der Waals surface area contributed by atoms with Crippen LogP contribution in [0.4, 0.5) is 0 Å². The molecule has 0 unspecified atom stereocenters. The van der Waals surface area contributed by atoms with Gasteiger partial charge < -0.3 is 14.2 Å². The van der Waals surface area contributed by atoms with Crippen LogP contribution < -0.4 is 14.2 Å². The number of para-hydroxylation sites is 1. The first-order valence-corrected chi connectivity index (χ1v) is 6.95. The van der Waals surface area contributed by atoms with Gasteiger partial charge in [-0.3, -0.25) is 0 Å². The van der Waals surface area contributed by atoms with Crippen molar-refractivity contribution in [3.05, 3.63) is 42.5 Å². The van der Waals surface area contributed by atoms with Crippen LogP contribution in [0, 0.1) is 0 Å². The quantitative estimate of drug-likeness (QED) is 0.825. The highest BCUT2D eigenvalue weighted by Gasteiger charge is 2.14. The van der Waals surface area contributed by atoms with Gasteiger partial charge in [-0.25, -0.2) is 0 Å². The van der Waals surface area contributed by atoms with Crippen molar-refractivity contribution in [1.82, 2.24) is 0 Å². The van der Waals surface area contributed by atoms with Crippen molar-refractivity contribution in [1.29, 1.82) is 0 Å². The molecular formula is C18H22O3. The number of methoxy groups -OCH3 is 2. The third-order valence-electron chi connectivity index (χ3n) is 2.97. The van der Waals surface area contributed by atoms with Gasteiger partial charge in [0.15, 0.2) is 11.5 Å². The van der Waals surface area contributed by atoms with Crippen LogP contribution in [0.2, 0.25) is 0 Å². The highest BCUT2D eigenvalue weighted by molar-refractivity contribution is 5.74. The topological polar surface area (TPSA) is 27.7 Å². The zero-order valence-electron chi connectivity index (χ0n) is 13.3. The van der Waals surface area contributed by atoms with E-state index in [-0.39, 0.29) is 5.60 Å². The van der Waals surface area contributed by atoms with E-state index in [1.54, 1.807) is 14.2 Å². The molecule has 21 heavy (non-hydrogen) atoms. The molecule has 112 valence electrons. The van der Waals surface area contributed by atoms with E-state index in [1.807, 2.05) is 63.2 Å². The molecule has 0 fully saturated rings. The van der Waals surface area contributed by atoms with Gasteiger partial charge in [-0.05, 0) is 44.5 Å². The third kappa shape index (κ3) is 3.69. The maximum Gasteiger partial charge on any atom is 0.168 e. The summed E-state index contributed by atoms with van der Waals surface area (Å²) >= 11 is 0. The van der Waals surface area contributed by atoms with Gasteiger partial charge in [0.25, 0.3) is 0 Å². The van der Waals surface area contributed by atoms with E-state index in [9.17, 15) is 0 Å². The standard InChI is InChI=1S/C18H22O3/c1-18(2,3)21-14-9-6-8-13(12-14)15-10-7-11-16(19-4)17(15)20-5/h6-12H,1-5H3. The molecule has 0 saturated heterocycles. The van der Waals surface area contributed by atoms with Gasteiger partial charge in [-0.15, -0.1) is 0 Å². The second-order valence-corrected chi connectivity index (χ2v) is 5.78. The van der Waals surface area contributed by atoms with Crippen molar-refractivity contribution in [2.75, 3.05) is 14.2 Å². The highest BCUT2D eigenvalue weighted by Crippen LogP contribution is 2.38. The van der Waals surface area contributed by atoms with Crippen LogP contribution >= 0.6 is 0 Å². The summed E-state index contributed by atoms with van der Waals surface area (Å²) < 4.78 is 16.8. The first kappa shape index (κ1) is 15.2. The lowest BCUT2D eigenvalue weighted by Crippen LogP contribution is -2.22. The Bertz CT molecular complexity index is 612. The average molecular weight is 286 g/mol. The number of benzene rings is 2. The molecule has 2 aromatic carbocycles. The van der Waals surface area contributed by atoms with Gasteiger partial charge in [-0.2, -0.15) is 0 Å². The van der Waals surface area contributed by atoms with Crippen LogP contribution in [0.3, 0.4) is 0 Å². The Labute approximate surface area is 126 Å². The van der Waals surface area contributed by atoms with E-state index in [4.69, 9.17) is 14.2 Å². The highest BCUT2D eigenvalue weighted by atomic mass is 16.5. The maximum atomic E-state index is 5.92. The lowest BCUT2D eigenvalue weighted by Gasteiger charge is -2.22. The normalized spacial score (nSPS) is 11.1. The summed E-state index contributed by atoms with van der Waals surface area (Å²) in [6, 6.07) is 13.8. The molecule has 0 heterocycles. The molecule has 0 aliphatic heterocycles. The maximum absolute atomic E-state index is 5.92. The molecule has 2 aromatic rings. The van der Waals surface area contributed by atoms with Crippen LogP contribution in [0.1, 0.15) is 20.8 Å². The molecule has 2 rings (SSSR count). The van der Waals surface area contributed by atoms with E-state index >= 15 is 0 Å². The molecule has 0 bridgehead atoms. The predicted molar refractivity (Wildman–Crippen MR) is 85.4 cm³/mol. The van der Waals surface area contributed by atoms with Crippen molar-refractivity contribution in [3.63, 3.8) is 0 Å². The molecule has 0 aliphatic carbocycles. The van der Waals surface area contributed by atoms with E-state index in [0.29, 0.717) is 0 Å². The smallest absolute Gasteiger partial charge is 0.168 e. The number of rotatable bonds is 4. The Morgan fingerprint density at radius 2 is 1.57 bits per heavy atom. The largest absolute Gasteiger partial charge is 0.493 e. The Balaban J connectivity index is 2.45. The number of hydrogen-bond acceptors (Lipinski definition) is 3. The predicted octanol–water partition coefficient (Wildman–Crippen LogP) is 4.55. The van der Waals surface area contributed by atoms with Crippen LogP contribution in [-0.2, 0) is 0 Å². The molecule has 0 atom stereocenters.